The van der Waals surface area contributed by atoms with Crippen molar-refractivity contribution >= 4 is 21.7 Å². The van der Waals surface area contributed by atoms with Gasteiger partial charge in [0, 0.05) is 19.3 Å². The highest BCUT2D eigenvalue weighted by molar-refractivity contribution is 7.89. The molecule has 174 valence electrons. The first kappa shape index (κ1) is 23.0. The summed E-state index contributed by atoms with van der Waals surface area (Å²) in [6.07, 6.45) is 3.61. The number of pyridine rings is 2. The van der Waals surface area contributed by atoms with Crippen molar-refractivity contribution in [1.29, 1.82) is 0 Å². The van der Waals surface area contributed by atoms with Gasteiger partial charge in [0.1, 0.15) is 23.5 Å². The molecule has 0 fully saturated rings. The Bertz CT molecular complexity index is 1280. The zero-order valence-electron chi connectivity index (χ0n) is 18.3. The van der Waals surface area contributed by atoms with E-state index in [-0.39, 0.29) is 37.2 Å². The number of rotatable bonds is 8. The topological polar surface area (TPSA) is 143 Å². The van der Waals surface area contributed by atoms with Gasteiger partial charge in [0.25, 0.3) is 5.91 Å². The molecule has 0 aromatic carbocycles. The van der Waals surface area contributed by atoms with Crippen LogP contribution in [0.1, 0.15) is 47.9 Å². The van der Waals surface area contributed by atoms with Gasteiger partial charge in [-0.15, -0.1) is 10.2 Å². The monoisotopic (exact) mass is 471 g/mol. The number of nitrogens with zero attached hydrogens (tertiary/aromatic N) is 6. The molecule has 12 heteroatoms. The Morgan fingerprint density at radius 2 is 2.06 bits per heavy atom. The Balaban J connectivity index is 1.51. The lowest BCUT2D eigenvalue weighted by atomic mass is 10.1. The predicted molar refractivity (Wildman–Crippen MR) is 121 cm³/mol. The average Bonchev–Trinajstić information content (AvgIpc) is 3.46. The molecule has 0 bridgehead atoms. The predicted octanol–water partition coefficient (Wildman–Crippen LogP) is 1.60. The summed E-state index contributed by atoms with van der Waals surface area (Å²) in [6, 6.07) is 6.50. The molecule has 3 aromatic heterocycles. The molecule has 2 N–H and O–H groups in total. The Hall–Kier alpha value is -3.22. The van der Waals surface area contributed by atoms with Crippen molar-refractivity contribution in [3.8, 4) is 11.5 Å². The van der Waals surface area contributed by atoms with E-state index in [1.807, 2.05) is 13.8 Å². The molecule has 0 radical (unpaired) electrons. The van der Waals surface area contributed by atoms with Crippen LogP contribution in [-0.2, 0) is 23.1 Å². The lowest BCUT2D eigenvalue weighted by Gasteiger charge is -2.14. The standard InChI is InChI=1S/C21H25N7O4S/c1-3-7-33(31,32)27-10-15-8-18(22-9-16(15)11-27)21(30)25-19-6-4-5-17(24-19)20-26-23-13-28(20)14(2)12-29/h4-6,8-9,13-14,29H,3,7,10-12H2,1-2H3,(H,24,25,30)/t14-/m1/s1. The molecule has 1 atom stereocenters. The molecular weight excluding hydrogens is 446 g/mol. The van der Waals surface area contributed by atoms with Gasteiger partial charge >= 0.3 is 0 Å². The van der Waals surface area contributed by atoms with Crippen molar-refractivity contribution in [3.63, 3.8) is 0 Å². The fourth-order valence-corrected chi connectivity index (χ4v) is 5.05. The minimum absolute atomic E-state index is 0.0807. The fourth-order valence-electron chi connectivity index (χ4n) is 3.60. The SMILES string of the molecule is CCCS(=O)(=O)N1Cc2cnc(C(=O)Nc3cccc(-c4nncn4[C@H](C)CO)n3)cc2C1. The first-order chi connectivity index (χ1) is 15.8. The highest BCUT2D eigenvalue weighted by Gasteiger charge is 2.29. The number of aliphatic hydroxyl groups is 1. The third-order valence-electron chi connectivity index (χ3n) is 5.40. The van der Waals surface area contributed by atoms with E-state index in [1.54, 1.807) is 35.0 Å². The van der Waals surface area contributed by atoms with Gasteiger partial charge in [0.05, 0.1) is 18.4 Å². The van der Waals surface area contributed by atoms with Gasteiger partial charge in [-0.25, -0.2) is 13.4 Å². The van der Waals surface area contributed by atoms with Crippen LogP contribution >= 0.6 is 0 Å². The van der Waals surface area contributed by atoms with E-state index in [9.17, 15) is 18.3 Å². The molecule has 0 saturated carbocycles. The molecule has 1 aliphatic heterocycles. The van der Waals surface area contributed by atoms with Crippen LogP contribution in [0.3, 0.4) is 0 Å². The number of hydrogen-bond donors (Lipinski definition) is 2. The minimum Gasteiger partial charge on any atom is -0.394 e. The maximum Gasteiger partial charge on any atom is 0.275 e. The molecule has 33 heavy (non-hydrogen) atoms. The van der Waals surface area contributed by atoms with Gasteiger partial charge in [0.2, 0.25) is 10.0 Å². The number of nitrogens with one attached hydrogen (secondary N) is 1. The van der Waals surface area contributed by atoms with Crippen molar-refractivity contribution in [2.75, 3.05) is 17.7 Å². The quantitative estimate of drug-likeness (QED) is 0.504. The summed E-state index contributed by atoms with van der Waals surface area (Å²) in [5.41, 5.74) is 2.23. The Morgan fingerprint density at radius 3 is 2.82 bits per heavy atom. The number of anilines is 1. The molecule has 4 heterocycles. The van der Waals surface area contributed by atoms with Crippen molar-refractivity contribution in [3.05, 3.63) is 53.6 Å². The van der Waals surface area contributed by atoms with E-state index in [0.29, 0.717) is 23.8 Å². The highest BCUT2D eigenvalue weighted by Crippen LogP contribution is 2.26. The van der Waals surface area contributed by atoms with Crippen molar-refractivity contribution < 1.29 is 18.3 Å². The normalized spacial score (nSPS) is 14.8. The highest BCUT2D eigenvalue weighted by atomic mass is 32.2. The van der Waals surface area contributed by atoms with Crippen LogP contribution in [0.25, 0.3) is 11.5 Å². The Kier molecular flexibility index (Phi) is 6.49. The first-order valence-electron chi connectivity index (χ1n) is 10.6. The molecule has 1 aliphatic rings. The van der Waals surface area contributed by atoms with Gasteiger partial charge < -0.3 is 15.0 Å². The van der Waals surface area contributed by atoms with Crippen LogP contribution < -0.4 is 5.32 Å². The maximum absolute atomic E-state index is 12.8. The fraction of sp³-hybridized carbons (Fsp3) is 0.381. The zero-order valence-corrected chi connectivity index (χ0v) is 19.2. The molecular formula is C21H25N7O4S. The van der Waals surface area contributed by atoms with E-state index >= 15 is 0 Å². The van der Waals surface area contributed by atoms with E-state index in [4.69, 9.17) is 0 Å². The Morgan fingerprint density at radius 1 is 1.27 bits per heavy atom. The van der Waals surface area contributed by atoms with Crippen LogP contribution in [0.15, 0.2) is 36.8 Å². The minimum atomic E-state index is -3.33. The van der Waals surface area contributed by atoms with Gasteiger partial charge in [0.15, 0.2) is 5.82 Å². The van der Waals surface area contributed by atoms with E-state index in [2.05, 4.69) is 25.5 Å². The second-order valence-corrected chi connectivity index (χ2v) is 9.97. The summed E-state index contributed by atoms with van der Waals surface area (Å²) in [4.78, 5) is 21.5. The summed E-state index contributed by atoms with van der Waals surface area (Å²) >= 11 is 0. The van der Waals surface area contributed by atoms with Crippen LogP contribution in [-0.4, -0.2) is 60.8 Å². The average molecular weight is 472 g/mol. The number of aliphatic hydroxyl groups excluding tert-OH is 1. The largest absolute Gasteiger partial charge is 0.394 e. The molecule has 4 rings (SSSR count). The van der Waals surface area contributed by atoms with Gasteiger partial charge in [-0.05, 0) is 42.7 Å². The number of amides is 1. The van der Waals surface area contributed by atoms with Gasteiger partial charge in [-0.2, -0.15) is 4.31 Å². The molecule has 0 spiro atoms. The van der Waals surface area contributed by atoms with Gasteiger partial charge in [-0.3, -0.25) is 9.78 Å². The third-order valence-corrected chi connectivity index (χ3v) is 7.37. The number of carbonyl (C=O) groups is 1. The number of sulfonamides is 1. The molecule has 1 amide bonds. The van der Waals surface area contributed by atoms with Gasteiger partial charge in [-0.1, -0.05) is 13.0 Å². The number of hydrogen-bond acceptors (Lipinski definition) is 8. The summed E-state index contributed by atoms with van der Waals surface area (Å²) in [6.45, 7) is 4.07. The van der Waals surface area contributed by atoms with Crippen LogP contribution in [0.4, 0.5) is 5.82 Å². The number of aromatic nitrogens is 5. The lowest BCUT2D eigenvalue weighted by molar-refractivity contribution is 0.102. The van der Waals surface area contributed by atoms with Crippen LogP contribution in [0, 0.1) is 0 Å². The molecule has 0 saturated heterocycles. The second kappa shape index (κ2) is 9.33. The van der Waals surface area contributed by atoms with E-state index in [0.717, 1.165) is 11.1 Å². The summed E-state index contributed by atoms with van der Waals surface area (Å²) in [5, 5.41) is 20.1. The number of carbonyl (C=O) groups excluding carboxylic acids is 1. The zero-order chi connectivity index (χ0) is 23.6. The summed E-state index contributed by atoms with van der Waals surface area (Å²) < 4.78 is 27.9. The van der Waals surface area contributed by atoms with E-state index in [1.165, 1.54) is 10.6 Å². The molecule has 11 nitrogen and oxygen atoms in total. The van der Waals surface area contributed by atoms with Crippen molar-refractivity contribution in [2.45, 2.75) is 39.4 Å². The lowest BCUT2D eigenvalue weighted by Crippen LogP contribution is -2.27. The summed E-state index contributed by atoms with van der Waals surface area (Å²) in [5.74, 6) is 0.409. The van der Waals surface area contributed by atoms with E-state index < -0.39 is 15.9 Å². The van der Waals surface area contributed by atoms with Crippen LogP contribution in [0.5, 0.6) is 0 Å². The number of fused-ring (bicyclic) bond motifs is 1. The first-order valence-corrected chi connectivity index (χ1v) is 12.2. The molecule has 0 aliphatic carbocycles. The molecule has 3 aromatic rings. The Labute approximate surface area is 191 Å². The van der Waals surface area contributed by atoms with Crippen LogP contribution in [0.2, 0.25) is 0 Å². The summed E-state index contributed by atoms with van der Waals surface area (Å²) in [7, 11) is -3.33. The third kappa shape index (κ3) is 4.77. The van der Waals surface area contributed by atoms with Crippen molar-refractivity contribution in [1.82, 2.24) is 29.0 Å². The smallest absolute Gasteiger partial charge is 0.275 e. The molecule has 0 unspecified atom stereocenters. The second-order valence-electron chi connectivity index (χ2n) is 7.88. The van der Waals surface area contributed by atoms with Crippen molar-refractivity contribution in [2.24, 2.45) is 0 Å². The maximum atomic E-state index is 12.8.